The second-order valence-corrected chi connectivity index (χ2v) is 12.8. The molecule has 2 rings (SSSR count). The van der Waals surface area contributed by atoms with Crippen LogP contribution in [0.25, 0.3) is 0 Å². The zero-order valence-electron chi connectivity index (χ0n) is 16.5. The molecule has 20 heteroatoms. The Morgan fingerprint density at radius 3 is 1.29 bits per heavy atom. The summed E-state index contributed by atoms with van der Waals surface area (Å²) in [6.45, 7) is -2.29. The van der Waals surface area contributed by atoms with Crippen LogP contribution in [0.3, 0.4) is 0 Å². The smallest absolute Gasteiger partial charge is 0.326 e. The molecular formula is C14H16N2O14S4. The van der Waals surface area contributed by atoms with Crippen LogP contribution in [0.15, 0.2) is 0 Å². The van der Waals surface area contributed by atoms with E-state index in [0.29, 0.717) is 31.4 Å². The van der Waals surface area contributed by atoms with Gasteiger partial charge in [-0.2, -0.15) is 16.8 Å². The van der Waals surface area contributed by atoms with Gasteiger partial charge in [-0.15, -0.1) is 0 Å². The standard InChI is InChI=1S/C14H16N2O14S4/c17-9-1-5(11(19)15(9)3-7(13(21)22)33(25,26)27)31-32-6-2-10(18)16(12(6)20)4-8(14(23)24)34(28,29)30/h5-8H,1-4H2,(H,21,22)(H,23,24)(H,25,26,27)(H,28,29,30). The fourth-order valence-electron chi connectivity index (χ4n) is 2.90. The largest absolute Gasteiger partial charge is 0.480 e. The summed E-state index contributed by atoms with van der Waals surface area (Å²) in [7, 11) is -8.99. The molecule has 4 atom stereocenters. The van der Waals surface area contributed by atoms with Crippen molar-refractivity contribution >= 4 is 77.4 Å². The average Bonchev–Trinajstić information content (AvgIpc) is 3.08. The molecule has 2 heterocycles. The fourth-order valence-corrected chi connectivity index (χ4v) is 6.90. The van der Waals surface area contributed by atoms with E-state index in [1.54, 1.807) is 0 Å². The summed E-state index contributed by atoms with van der Waals surface area (Å²) in [5.41, 5.74) is 0. The maximum atomic E-state index is 12.4. The van der Waals surface area contributed by atoms with Crippen molar-refractivity contribution in [2.75, 3.05) is 13.1 Å². The van der Waals surface area contributed by atoms with Gasteiger partial charge in [0.15, 0.2) is 0 Å². The molecule has 0 aromatic carbocycles. The van der Waals surface area contributed by atoms with Crippen molar-refractivity contribution in [1.29, 1.82) is 0 Å². The maximum absolute atomic E-state index is 12.4. The fraction of sp³-hybridized carbons (Fsp3) is 0.571. The molecule has 0 spiro atoms. The van der Waals surface area contributed by atoms with Gasteiger partial charge in [-0.05, 0) is 0 Å². The van der Waals surface area contributed by atoms with E-state index < -0.39 is 103 Å². The summed E-state index contributed by atoms with van der Waals surface area (Å²) in [5.74, 6) is -7.86. The molecule has 0 aliphatic carbocycles. The molecule has 16 nitrogen and oxygen atoms in total. The number of nitrogens with zero attached hydrogens (tertiary/aromatic N) is 2. The summed E-state index contributed by atoms with van der Waals surface area (Å²) in [4.78, 5) is 71.8. The van der Waals surface area contributed by atoms with Crippen LogP contribution in [-0.2, 0) is 49.0 Å². The first-order valence-corrected chi connectivity index (χ1v) is 14.1. The van der Waals surface area contributed by atoms with Crippen molar-refractivity contribution in [2.24, 2.45) is 0 Å². The normalized spacial score (nSPS) is 23.5. The predicted octanol–water partition coefficient (Wildman–Crippen LogP) is -2.70. The number of carbonyl (C=O) groups is 6. The Balaban J connectivity index is 2.04. The van der Waals surface area contributed by atoms with Crippen LogP contribution in [0.4, 0.5) is 0 Å². The summed E-state index contributed by atoms with van der Waals surface area (Å²) in [5, 5.41) is 10.5. The van der Waals surface area contributed by atoms with E-state index in [-0.39, 0.29) is 0 Å². The van der Waals surface area contributed by atoms with Gasteiger partial charge in [0.1, 0.15) is 10.5 Å². The predicted molar refractivity (Wildman–Crippen MR) is 111 cm³/mol. The first kappa shape index (κ1) is 28.0. The summed E-state index contributed by atoms with van der Waals surface area (Å²) < 4.78 is 62.7. The van der Waals surface area contributed by atoms with Gasteiger partial charge in [0.25, 0.3) is 20.2 Å². The topological polar surface area (TPSA) is 258 Å². The molecule has 2 aliphatic rings. The van der Waals surface area contributed by atoms with E-state index in [1.165, 1.54) is 0 Å². The molecule has 34 heavy (non-hydrogen) atoms. The molecule has 4 amide bonds. The lowest BCUT2D eigenvalue weighted by Gasteiger charge is -2.19. The van der Waals surface area contributed by atoms with Crippen molar-refractivity contribution in [3.63, 3.8) is 0 Å². The Labute approximate surface area is 198 Å². The lowest BCUT2D eigenvalue weighted by Crippen LogP contribution is -2.44. The monoisotopic (exact) mass is 564 g/mol. The van der Waals surface area contributed by atoms with Crippen LogP contribution in [0.5, 0.6) is 0 Å². The van der Waals surface area contributed by atoms with Gasteiger partial charge >= 0.3 is 11.9 Å². The van der Waals surface area contributed by atoms with Gasteiger partial charge in [-0.1, -0.05) is 21.6 Å². The molecule has 0 aromatic rings. The van der Waals surface area contributed by atoms with Crippen LogP contribution in [0.1, 0.15) is 12.8 Å². The lowest BCUT2D eigenvalue weighted by atomic mass is 10.4. The highest BCUT2D eigenvalue weighted by Gasteiger charge is 2.47. The molecule has 2 saturated heterocycles. The highest BCUT2D eigenvalue weighted by atomic mass is 33.1. The molecule has 4 unspecified atom stereocenters. The second kappa shape index (κ2) is 10.2. The summed E-state index contributed by atoms with van der Waals surface area (Å²) >= 11 is 0. The van der Waals surface area contributed by atoms with Crippen molar-refractivity contribution in [3.8, 4) is 0 Å². The van der Waals surface area contributed by atoms with Crippen molar-refractivity contribution in [1.82, 2.24) is 9.80 Å². The van der Waals surface area contributed by atoms with Gasteiger partial charge in [0, 0.05) is 12.8 Å². The highest BCUT2D eigenvalue weighted by Crippen LogP contribution is 2.40. The van der Waals surface area contributed by atoms with E-state index in [1.807, 2.05) is 0 Å². The number of hydrogen-bond acceptors (Lipinski definition) is 12. The van der Waals surface area contributed by atoms with E-state index in [4.69, 9.17) is 19.3 Å². The zero-order chi connectivity index (χ0) is 26.2. The minimum atomic E-state index is -5.14. The number of carbonyl (C=O) groups excluding carboxylic acids is 4. The molecule has 0 bridgehead atoms. The molecule has 2 fully saturated rings. The molecule has 0 radical (unpaired) electrons. The van der Waals surface area contributed by atoms with Crippen LogP contribution < -0.4 is 0 Å². The molecule has 190 valence electrons. The first-order valence-electron chi connectivity index (χ1n) is 8.83. The van der Waals surface area contributed by atoms with Gasteiger partial charge in [-0.25, -0.2) is 0 Å². The van der Waals surface area contributed by atoms with Crippen molar-refractivity contribution < 1.29 is 64.9 Å². The van der Waals surface area contributed by atoms with Crippen LogP contribution in [0.2, 0.25) is 0 Å². The molecule has 4 N–H and O–H groups in total. The minimum Gasteiger partial charge on any atom is -0.480 e. The van der Waals surface area contributed by atoms with Gasteiger partial charge in [0.2, 0.25) is 34.1 Å². The Bertz CT molecular complexity index is 1060. The second-order valence-electron chi connectivity index (χ2n) is 6.95. The third-order valence-electron chi connectivity index (χ3n) is 4.66. The number of carboxylic acid groups (broad SMARTS) is 2. The number of rotatable bonds is 11. The van der Waals surface area contributed by atoms with E-state index in [2.05, 4.69) is 0 Å². The molecule has 0 saturated carbocycles. The van der Waals surface area contributed by atoms with Gasteiger partial charge < -0.3 is 10.2 Å². The Morgan fingerprint density at radius 1 is 0.765 bits per heavy atom. The third kappa shape index (κ3) is 6.24. The van der Waals surface area contributed by atoms with E-state index in [0.717, 1.165) is 0 Å². The number of likely N-dealkylation sites (tertiary alicyclic amines) is 2. The quantitative estimate of drug-likeness (QED) is 0.113. The van der Waals surface area contributed by atoms with Gasteiger partial charge in [-0.3, -0.25) is 47.7 Å². The first-order chi connectivity index (χ1) is 15.4. The van der Waals surface area contributed by atoms with Crippen molar-refractivity contribution in [2.45, 2.75) is 33.8 Å². The van der Waals surface area contributed by atoms with Crippen LogP contribution in [-0.4, -0.2) is 116 Å². The number of hydrogen-bond donors (Lipinski definition) is 4. The lowest BCUT2D eigenvalue weighted by molar-refractivity contribution is -0.143. The molecular weight excluding hydrogens is 548 g/mol. The number of carboxylic acids is 2. The SMILES string of the molecule is O=C(O)C(CN1C(=O)CC(SSC2CC(=O)N(CC(C(=O)O)S(=O)(=O)O)C2=O)C1=O)S(=O)(=O)O. The van der Waals surface area contributed by atoms with Crippen LogP contribution >= 0.6 is 21.6 Å². The summed E-state index contributed by atoms with van der Waals surface area (Å²) in [6, 6.07) is 0. The van der Waals surface area contributed by atoms with Crippen LogP contribution in [0, 0.1) is 0 Å². The Hall–Kier alpha value is -2.26. The molecule has 2 aliphatic heterocycles. The highest BCUT2D eigenvalue weighted by molar-refractivity contribution is 8.77. The van der Waals surface area contributed by atoms with E-state index in [9.17, 15) is 45.6 Å². The Kier molecular flexibility index (Phi) is 8.36. The third-order valence-corrected chi connectivity index (χ3v) is 9.84. The minimum absolute atomic E-state index is 0.336. The van der Waals surface area contributed by atoms with Crippen molar-refractivity contribution in [3.05, 3.63) is 0 Å². The van der Waals surface area contributed by atoms with Gasteiger partial charge in [0.05, 0.1) is 13.1 Å². The average molecular weight is 565 g/mol. The maximum Gasteiger partial charge on any atom is 0.326 e. The molecule has 0 aromatic heterocycles. The number of imide groups is 2. The number of amides is 4. The number of aliphatic carboxylic acids is 2. The van der Waals surface area contributed by atoms with E-state index >= 15 is 0 Å². The summed E-state index contributed by atoms with van der Waals surface area (Å²) in [6.07, 6.45) is -1.01. The Morgan fingerprint density at radius 2 is 1.06 bits per heavy atom. The zero-order valence-corrected chi connectivity index (χ0v) is 19.8.